The van der Waals surface area contributed by atoms with Gasteiger partial charge in [0.1, 0.15) is 0 Å². The van der Waals surface area contributed by atoms with Crippen molar-refractivity contribution in [2.24, 2.45) is 0 Å². The largest absolute Gasteiger partial charge is 0.356 e. The summed E-state index contributed by atoms with van der Waals surface area (Å²) in [6, 6.07) is 61.2. The molecule has 0 radical (unpaired) electrons. The molecular weight excluding hydrogens is 615 g/mol. The number of hydrogen-bond donors (Lipinski definition) is 1. The highest BCUT2D eigenvalue weighted by Crippen LogP contribution is 2.33. The van der Waals surface area contributed by atoms with Crippen molar-refractivity contribution in [3.63, 3.8) is 0 Å². The van der Waals surface area contributed by atoms with Crippen LogP contribution in [0.1, 0.15) is 55.6 Å². The lowest BCUT2D eigenvalue weighted by molar-refractivity contribution is 1.36. The minimum Gasteiger partial charge on any atom is -0.356 e. The Bertz CT molecular complexity index is 2300. The predicted molar refractivity (Wildman–Crippen MR) is 220 cm³/mol. The molecule has 0 aliphatic heterocycles. The molecule has 7 aromatic rings. The van der Waals surface area contributed by atoms with Gasteiger partial charge in [-0.15, -0.1) is 0 Å². The van der Waals surface area contributed by atoms with Crippen molar-refractivity contribution in [2.45, 2.75) is 27.7 Å². The van der Waals surface area contributed by atoms with Crippen molar-refractivity contribution < 1.29 is 0 Å². The molecule has 0 aliphatic carbocycles. The highest BCUT2D eigenvalue weighted by molar-refractivity contribution is 5.94. The Labute approximate surface area is 303 Å². The summed E-state index contributed by atoms with van der Waals surface area (Å²) >= 11 is 0. The summed E-state index contributed by atoms with van der Waals surface area (Å²) in [7, 11) is 0. The van der Waals surface area contributed by atoms with E-state index in [-0.39, 0.29) is 0 Å². The predicted octanol–water partition coefficient (Wildman–Crippen LogP) is 13.5. The fraction of sp³-hybridized carbons (Fsp3) is 0.0800. The molecule has 1 heteroatoms. The monoisotopic (exact) mass is 657 g/mol. The Morgan fingerprint density at radius 2 is 0.863 bits per heavy atom. The Kier molecular flexibility index (Phi) is 9.90. The van der Waals surface area contributed by atoms with E-state index < -0.39 is 0 Å². The highest BCUT2D eigenvalue weighted by Gasteiger charge is 2.11. The zero-order chi connectivity index (χ0) is 35.2. The molecule has 0 saturated carbocycles. The standard InChI is InChI=1S/C50H43N/c1-35-12-11-17-48(31-35)51-47-24-20-40(21-25-47)33-50(43-15-9-6-10-16-43)46-30-38(4)27-44(34-46)41-22-18-39(19-23-41)32-49(42-13-7-5-8-14-42)45-28-36(2)26-37(3)29-45/h5-34,51H,1-4H3. The van der Waals surface area contributed by atoms with E-state index in [2.05, 4.69) is 215 Å². The van der Waals surface area contributed by atoms with Crippen LogP contribution in [0.15, 0.2) is 170 Å². The number of nitrogens with one attached hydrogen (secondary N) is 1. The topological polar surface area (TPSA) is 12.0 Å². The first-order valence-electron chi connectivity index (χ1n) is 17.7. The van der Waals surface area contributed by atoms with Crippen LogP contribution in [0.2, 0.25) is 0 Å². The summed E-state index contributed by atoms with van der Waals surface area (Å²) in [6.07, 6.45) is 4.61. The van der Waals surface area contributed by atoms with Crippen molar-refractivity contribution in [1.82, 2.24) is 0 Å². The molecule has 0 atom stereocenters. The Morgan fingerprint density at radius 3 is 1.41 bits per heavy atom. The maximum absolute atomic E-state index is 3.53. The van der Waals surface area contributed by atoms with Crippen LogP contribution in [-0.4, -0.2) is 0 Å². The highest BCUT2D eigenvalue weighted by atomic mass is 14.9. The van der Waals surface area contributed by atoms with E-state index in [1.807, 2.05) is 0 Å². The minimum absolute atomic E-state index is 1.07. The van der Waals surface area contributed by atoms with Gasteiger partial charge in [-0.1, -0.05) is 151 Å². The van der Waals surface area contributed by atoms with Gasteiger partial charge < -0.3 is 5.32 Å². The van der Waals surface area contributed by atoms with E-state index >= 15 is 0 Å². The van der Waals surface area contributed by atoms with Gasteiger partial charge in [-0.2, -0.15) is 0 Å². The van der Waals surface area contributed by atoms with E-state index in [1.165, 1.54) is 72.3 Å². The van der Waals surface area contributed by atoms with E-state index in [9.17, 15) is 0 Å². The molecule has 51 heavy (non-hydrogen) atoms. The van der Waals surface area contributed by atoms with E-state index in [1.54, 1.807) is 0 Å². The van der Waals surface area contributed by atoms with Gasteiger partial charge in [0.2, 0.25) is 0 Å². The van der Waals surface area contributed by atoms with Gasteiger partial charge in [0, 0.05) is 11.4 Å². The number of hydrogen-bond acceptors (Lipinski definition) is 1. The maximum Gasteiger partial charge on any atom is 0.0386 e. The van der Waals surface area contributed by atoms with Gasteiger partial charge >= 0.3 is 0 Å². The maximum atomic E-state index is 3.53. The molecule has 7 rings (SSSR count). The van der Waals surface area contributed by atoms with Crippen LogP contribution >= 0.6 is 0 Å². The Balaban J connectivity index is 1.22. The zero-order valence-corrected chi connectivity index (χ0v) is 29.8. The normalized spacial score (nSPS) is 11.8. The van der Waals surface area contributed by atoms with Crippen LogP contribution in [0, 0.1) is 27.7 Å². The first kappa shape index (κ1) is 33.3. The van der Waals surface area contributed by atoms with Crippen LogP contribution in [0.25, 0.3) is 34.4 Å². The van der Waals surface area contributed by atoms with Gasteiger partial charge in [0.05, 0.1) is 0 Å². The van der Waals surface area contributed by atoms with Gasteiger partial charge in [-0.25, -0.2) is 0 Å². The second-order valence-electron chi connectivity index (χ2n) is 13.6. The average molecular weight is 658 g/mol. The van der Waals surface area contributed by atoms with Crippen molar-refractivity contribution >= 4 is 34.7 Å². The van der Waals surface area contributed by atoms with Gasteiger partial charge in [-0.05, 0) is 137 Å². The van der Waals surface area contributed by atoms with Crippen molar-refractivity contribution in [3.8, 4) is 11.1 Å². The first-order valence-corrected chi connectivity index (χ1v) is 17.7. The fourth-order valence-corrected chi connectivity index (χ4v) is 6.79. The summed E-state index contributed by atoms with van der Waals surface area (Å²) in [5.41, 5.74) is 19.2. The summed E-state index contributed by atoms with van der Waals surface area (Å²) in [5.74, 6) is 0. The lowest BCUT2D eigenvalue weighted by Crippen LogP contribution is -1.93. The van der Waals surface area contributed by atoms with Gasteiger partial charge in [0.15, 0.2) is 0 Å². The third-order valence-electron chi connectivity index (χ3n) is 9.17. The first-order chi connectivity index (χ1) is 24.9. The molecule has 0 bridgehead atoms. The van der Waals surface area contributed by atoms with E-state index in [0.717, 1.165) is 16.9 Å². The third-order valence-corrected chi connectivity index (χ3v) is 9.17. The van der Waals surface area contributed by atoms with Crippen LogP contribution < -0.4 is 5.32 Å². The summed E-state index contributed by atoms with van der Waals surface area (Å²) in [5, 5.41) is 3.53. The molecule has 248 valence electrons. The average Bonchev–Trinajstić information content (AvgIpc) is 3.14. The smallest absolute Gasteiger partial charge is 0.0386 e. The van der Waals surface area contributed by atoms with Crippen LogP contribution in [0.5, 0.6) is 0 Å². The number of aryl methyl sites for hydroxylation is 4. The molecule has 7 aromatic carbocycles. The van der Waals surface area contributed by atoms with Crippen molar-refractivity contribution in [2.75, 3.05) is 5.32 Å². The number of benzene rings is 7. The summed E-state index contributed by atoms with van der Waals surface area (Å²) < 4.78 is 0. The molecule has 0 saturated heterocycles. The second-order valence-corrected chi connectivity index (χ2v) is 13.6. The Hall–Kier alpha value is -6.18. The van der Waals surface area contributed by atoms with E-state index in [4.69, 9.17) is 0 Å². The quantitative estimate of drug-likeness (QED) is 0.152. The molecular formula is C50H43N. The molecule has 0 aromatic heterocycles. The van der Waals surface area contributed by atoms with E-state index in [0.29, 0.717) is 0 Å². The lowest BCUT2D eigenvalue weighted by Gasteiger charge is -2.14. The molecule has 1 nitrogen and oxygen atoms in total. The minimum atomic E-state index is 1.07. The van der Waals surface area contributed by atoms with Gasteiger partial charge in [0.25, 0.3) is 0 Å². The van der Waals surface area contributed by atoms with Gasteiger partial charge in [-0.3, -0.25) is 0 Å². The Morgan fingerprint density at radius 1 is 0.353 bits per heavy atom. The van der Waals surface area contributed by atoms with Crippen LogP contribution in [0.4, 0.5) is 11.4 Å². The number of anilines is 2. The molecule has 0 fully saturated rings. The lowest BCUT2D eigenvalue weighted by atomic mass is 9.91. The summed E-state index contributed by atoms with van der Waals surface area (Å²) in [4.78, 5) is 0. The SMILES string of the molecule is Cc1cccc(Nc2ccc(C=C(c3ccccc3)c3cc(C)cc(-c4ccc(C=C(c5ccccc5)c5cc(C)cc(C)c5)cc4)c3)cc2)c1. The van der Waals surface area contributed by atoms with Crippen molar-refractivity contribution in [3.05, 3.63) is 225 Å². The molecule has 1 N–H and O–H groups in total. The fourth-order valence-electron chi connectivity index (χ4n) is 6.79. The molecule has 0 amide bonds. The van der Waals surface area contributed by atoms with Crippen LogP contribution in [-0.2, 0) is 0 Å². The summed E-state index contributed by atoms with van der Waals surface area (Å²) in [6.45, 7) is 8.64. The number of rotatable bonds is 9. The molecule has 0 heterocycles. The molecule has 0 unspecified atom stereocenters. The van der Waals surface area contributed by atoms with Crippen molar-refractivity contribution in [1.29, 1.82) is 0 Å². The molecule has 0 aliphatic rings. The second kappa shape index (κ2) is 15.2. The van der Waals surface area contributed by atoms with Crippen LogP contribution in [0.3, 0.4) is 0 Å². The zero-order valence-electron chi connectivity index (χ0n) is 29.8. The molecule has 0 spiro atoms. The third kappa shape index (κ3) is 8.35.